The lowest BCUT2D eigenvalue weighted by Crippen LogP contribution is -1.97. The van der Waals surface area contributed by atoms with Crippen molar-refractivity contribution in [2.24, 2.45) is 0 Å². The van der Waals surface area contributed by atoms with Crippen LogP contribution in [0.1, 0.15) is 17.4 Å². The minimum absolute atomic E-state index is 0.137. The zero-order valence-corrected chi connectivity index (χ0v) is 12.3. The van der Waals surface area contributed by atoms with Gasteiger partial charge in [-0.2, -0.15) is 0 Å². The molecular formula is C14H15NO2S2. The van der Waals surface area contributed by atoms with E-state index in [4.69, 9.17) is 5.11 Å². The summed E-state index contributed by atoms with van der Waals surface area (Å²) in [4.78, 5) is 16.0. The summed E-state index contributed by atoms with van der Waals surface area (Å²) in [5.41, 5.74) is 2.44. The molecule has 100 valence electrons. The third kappa shape index (κ3) is 4.08. The largest absolute Gasteiger partial charge is 0.481 e. The predicted molar refractivity (Wildman–Crippen MR) is 80.7 cm³/mol. The fraction of sp³-hybridized carbons (Fsp3) is 0.286. The molecule has 0 saturated carbocycles. The lowest BCUT2D eigenvalue weighted by atomic mass is 10.1. The van der Waals surface area contributed by atoms with Gasteiger partial charge in [0.05, 0.1) is 5.75 Å². The molecule has 0 atom stereocenters. The number of benzene rings is 1. The summed E-state index contributed by atoms with van der Waals surface area (Å²) in [6.07, 6.45) is 2.87. The second-order valence-corrected chi connectivity index (χ2v) is 6.17. The van der Waals surface area contributed by atoms with E-state index < -0.39 is 5.97 Å². The van der Waals surface area contributed by atoms with Crippen LogP contribution < -0.4 is 0 Å². The summed E-state index contributed by atoms with van der Waals surface area (Å²) in [6.45, 7) is 2.14. The van der Waals surface area contributed by atoms with E-state index in [2.05, 4.69) is 36.2 Å². The molecule has 0 saturated heterocycles. The third-order valence-electron chi connectivity index (χ3n) is 2.63. The number of carboxylic acid groups (broad SMARTS) is 1. The molecule has 5 heteroatoms. The Labute approximate surface area is 120 Å². The molecule has 0 aliphatic heterocycles. The van der Waals surface area contributed by atoms with Crippen molar-refractivity contribution < 1.29 is 9.90 Å². The first-order valence-electron chi connectivity index (χ1n) is 6.02. The number of aryl methyl sites for hydroxylation is 1. The molecule has 0 aliphatic rings. The van der Waals surface area contributed by atoms with Crippen molar-refractivity contribution in [3.05, 3.63) is 40.9 Å². The molecule has 1 aromatic carbocycles. The van der Waals surface area contributed by atoms with Crippen molar-refractivity contribution in [3.63, 3.8) is 0 Å². The van der Waals surface area contributed by atoms with Gasteiger partial charge in [-0.1, -0.05) is 31.2 Å². The standard InChI is InChI=1S/C14H15NO2S2/c1-2-10-3-5-11(6-4-10)14-15-7-12(19-14)8-18-9-13(16)17/h3-7H,2,8-9H2,1H3,(H,16,17). The quantitative estimate of drug-likeness (QED) is 0.882. The van der Waals surface area contributed by atoms with Gasteiger partial charge in [-0.25, -0.2) is 4.98 Å². The number of aromatic nitrogens is 1. The maximum Gasteiger partial charge on any atom is 0.313 e. The number of hydrogen-bond donors (Lipinski definition) is 1. The van der Waals surface area contributed by atoms with Crippen LogP contribution in [0.2, 0.25) is 0 Å². The van der Waals surface area contributed by atoms with Crippen molar-refractivity contribution in [2.45, 2.75) is 19.1 Å². The Hall–Kier alpha value is -1.33. The lowest BCUT2D eigenvalue weighted by Gasteiger charge is -1.98. The highest BCUT2D eigenvalue weighted by molar-refractivity contribution is 7.99. The summed E-state index contributed by atoms with van der Waals surface area (Å²) in [6, 6.07) is 8.42. The van der Waals surface area contributed by atoms with Crippen LogP contribution in [0.4, 0.5) is 0 Å². The molecule has 0 fully saturated rings. The van der Waals surface area contributed by atoms with Crippen molar-refractivity contribution in [2.75, 3.05) is 5.75 Å². The van der Waals surface area contributed by atoms with Crippen LogP contribution in [0.3, 0.4) is 0 Å². The Morgan fingerprint density at radius 2 is 2.11 bits per heavy atom. The first-order chi connectivity index (χ1) is 9.19. The predicted octanol–water partition coefficient (Wildman–Crippen LogP) is 3.69. The fourth-order valence-corrected chi connectivity index (χ4v) is 3.38. The van der Waals surface area contributed by atoms with Crippen molar-refractivity contribution >= 4 is 29.1 Å². The van der Waals surface area contributed by atoms with Crippen LogP contribution in [-0.2, 0) is 17.0 Å². The van der Waals surface area contributed by atoms with Gasteiger partial charge >= 0.3 is 5.97 Å². The van der Waals surface area contributed by atoms with Gasteiger partial charge in [0.25, 0.3) is 0 Å². The molecule has 0 amide bonds. The average molecular weight is 293 g/mol. The maximum absolute atomic E-state index is 10.4. The van der Waals surface area contributed by atoms with E-state index in [0.29, 0.717) is 5.75 Å². The fourth-order valence-electron chi connectivity index (χ4n) is 1.63. The molecule has 0 unspecified atom stereocenters. The molecule has 0 radical (unpaired) electrons. The number of thiazole rings is 1. The number of thioether (sulfide) groups is 1. The minimum Gasteiger partial charge on any atom is -0.481 e. The van der Waals surface area contributed by atoms with Crippen LogP contribution in [-0.4, -0.2) is 21.8 Å². The van der Waals surface area contributed by atoms with E-state index in [1.807, 2.05) is 6.20 Å². The molecule has 3 nitrogen and oxygen atoms in total. The number of aliphatic carboxylic acids is 1. The molecular weight excluding hydrogens is 278 g/mol. The van der Waals surface area contributed by atoms with Crippen LogP contribution in [0.25, 0.3) is 10.6 Å². The zero-order valence-electron chi connectivity index (χ0n) is 10.6. The molecule has 2 rings (SSSR count). The Morgan fingerprint density at radius 3 is 2.74 bits per heavy atom. The summed E-state index contributed by atoms with van der Waals surface area (Å²) >= 11 is 3.03. The summed E-state index contributed by atoms with van der Waals surface area (Å²) in [5.74, 6) is 0.0695. The van der Waals surface area contributed by atoms with E-state index in [1.54, 1.807) is 11.3 Å². The second-order valence-electron chi connectivity index (χ2n) is 4.07. The summed E-state index contributed by atoms with van der Waals surface area (Å²) < 4.78 is 0. The Balaban J connectivity index is 2.01. The van der Waals surface area contributed by atoms with Gasteiger partial charge in [-0.05, 0) is 12.0 Å². The molecule has 2 aromatic rings. The normalized spacial score (nSPS) is 10.6. The van der Waals surface area contributed by atoms with E-state index in [-0.39, 0.29) is 5.75 Å². The SMILES string of the molecule is CCc1ccc(-c2ncc(CSCC(=O)O)s2)cc1. The topological polar surface area (TPSA) is 50.2 Å². The summed E-state index contributed by atoms with van der Waals surface area (Å²) in [7, 11) is 0. The maximum atomic E-state index is 10.4. The number of nitrogens with zero attached hydrogens (tertiary/aromatic N) is 1. The molecule has 1 heterocycles. The Kier molecular flexibility index (Phi) is 4.99. The van der Waals surface area contributed by atoms with Gasteiger partial charge in [-0.3, -0.25) is 4.79 Å². The molecule has 0 spiro atoms. The minimum atomic E-state index is -0.773. The van der Waals surface area contributed by atoms with E-state index in [9.17, 15) is 4.79 Å². The van der Waals surface area contributed by atoms with E-state index in [0.717, 1.165) is 21.9 Å². The first-order valence-corrected chi connectivity index (χ1v) is 7.99. The van der Waals surface area contributed by atoms with Crippen molar-refractivity contribution in [1.29, 1.82) is 0 Å². The van der Waals surface area contributed by atoms with Gasteiger partial charge in [0.15, 0.2) is 0 Å². The number of rotatable bonds is 6. The molecule has 0 aliphatic carbocycles. The van der Waals surface area contributed by atoms with Gasteiger partial charge in [0.2, 0.25) is 0 Å². The van der Waals surface area contributed by atoms with Crippen molar-refractivity contribution in [1.82, 2.24) is 4.98 Å². The highest BCUT2D eigenvalue weighted by Crippen LogP contribution is 2.27. The average Bonchev–Trinajstić information content (AvgIpc) is 2.87. The highest BCUT2D eigenvalue weighted by atomic mass is 32.2. The molecule has 1 aromatic heterocycles. The van der Waals surface area contributed by atoms with Crippen LogP contribution in [0.5, 0.6) is 0 Å². The molecule has 0 bridgehead atoms. The van der Waals surface area contributed by atoms with Gasteiger partial charge in [0, 0.05) is 22.4 Å². The second kappa shape index (κ2) is 6.73. The molecule has 1 N–H and O–H groups in total. The van der Waals surface area contributed by atoms with E-state index in [1.165, 1.54) is 17.3 Å². The molecule has 19 heavy (non-hydrogen) atoms. The first kappa shape index (κ1) is 14.1. The zero-order chi connectivity index (χ0) is 13.7. The summed E-state index contributed by atoms with van der Waals surface area (Å²) in [5, 5.41) is 9.59. The Morgan fingerprint density at radius 1 is 1.37 bits per heavy atom. The van der Waals surface area contributed by atoms with Gasteiger partial charge in [0.1, 0.15) is 5.01 Å². The van der Waals surface area contributed by atoms with E-state index >= 15 is 0 Å². The van der Waals surface area contributed by atoms with Crippen molar-refractivity contribution in [3.8, 4) is 10.6 Å². The number of hydrogen-bond acceptors (Lipinski definition) is 4. The third-order valence-corrected chi connectivity index (χ3v) is 4.83. The van der Waals surface area contributed by atoms with Gasteiger partial charge in [-0.15, -0.1) is 23.1 Å². The smallest absolute Gasteiger partial charge is 0.313 e. The van der Waals surface area contributed by atoms with Crippen LogP contribution >= 0.6 is 23.1 Å². The Bertz CT molecular complexity index is 549. The monoisotopic (exact) mass is 293 g/mol. The number of carboxylic acids is 1. The van der Waals surface area contributed by atoms with Gasteiger partial charge < -0.3 is 5.11 Å². The van der Waals surface area contributed by atoms with Crippen LogP contribution in [0, 0.1) is 0 Å². The lowest BCUT2D eigenvalue weighted by molar-refractivity contribution is -0.133. The van der Waals surface area contributed by atoms with Crippen LogP contribution in [0.15, 0.2) is 30.5 Å². The highest BCUT2D eigenvalue weighted by Gasteiger charge is 2.06. The number of carbonyl (C=O) groups is 1.